The van der Waals surface area contributed by atoms with E-state index in [2.05, 4.69) is 19.2 Å². The minimum absolute atomic E-state index is 0.0198. The zero-order valence-electron chi connectivity index (χ0n) is 20.2. The van der Waals surface area contributed by atoms with Gasteiger partial charge in [-0.1, -0.05) is 12.1 Å². The molecular formula is C26H33N3O4S. The fourth-order valence-electron chi connectivity index (χ4n) is 4.27. The molecule has 1 aliphatic rings. The number of anilines is 1. The molecule has 0 aromatic heterocycles. The Kier molecular flexibility index (Phi) is 8.98. The summed E-state index contributed by atoms with van der Waals surface area (Å²) in [5, 5.41) is 2.86. The van der Waals surface area contributed by atoms with Crippen molar-refractivity contribution >= 4 is 35.2 Å². The van der Waals surface area contributed by atoms with Gasteiger partial charge < -0.3 is 19.9 Å². The van der Waals surface area contributed by atoms with Crippen LogP contribution in [0.4, 0.5) is 5.69 Å². The molecule has 0 saturated carbocycles. The lowest BCUT2D eigenvalue weighted by Gasteiger charge is -2.38. The van der Waals surface area contributed by atoms with Gasteiger partial charge in [-0.2, -0.15) is 0 Å². The van der Waals surface area contributed by atoms with Crippen LogP contribution in [0.3, 0.4) is 0 Å². The number of hydrogen-bond donors (Lipinski definition) is 1. The van der Waals surface area contributed by atoms with Crippen LogP contribution in [0, 0.1) is 0 Å². The highest BCUT2D eigenvalue weighted by Gasteiger charge is 2.29. The van der Waals surface area contributed by atoms with Crippen LogP contribution in [0.2, 0.25) is 0 Å². The third-order valence-electron chi connectivity index (χ3n) is 6.05. The Hall–Kier alpha value is -3.00. The van der Waals surface area contributed by atoms with E-state index in [1.807, 2.05) is 35.4 Å². The molecule has 1 heterocycles. The highest BCUT2D eigenvalue weighted by Crippen LogP contribution is 2.25. The summed E-state index contributed by atoms with van der Waals surface area (Å²) >= 11 is 1.54. The lowest BCUT2D eigenvalue weighted by Crippen LogP contribution is -2.49. The minimum atomic E-state index is -0.271. The van der Waals surface area contributed by atoms with Gasteiger partial charge in [0, 0.05) is 29.6 Å². The van der Waals surface area contributed by atoms with E-state index in [0.29, 0.717) is 11.3 Å². The summed E-state index contributed by atoms with van der Waals surface area (Å²) in [6.45, 7) is 4.05. The molecule has 0 radical (unpaired) electrons. The number of nitrogens with zero attached hydrogens (tertiary/aromatic N) is 2. The Labute approximate surface area is 205 Å². The average molecular weight is 484 g/mol. The summed E-state index contributed by atoms with van der Waals surface area (Å²) < 4.78 is 5.68. The lowest BCUT2D eigenvalue weighted by atomic mass is 9.97. The first-order chi connectivity index (χ1) is 16.3. The molecule has 7 nitrogen and oxygen atoms in total. The second-order valence-electron chi connectivity index (χ2n) is 8.65. The Bertz CT molecular complexity index is 1000. The summed E-state index contributed by atoms with van der Waals surface area (Å²) in [5.41, 5.74) is 1.17. The molecule has 8 heteroatoms. The summed E-state index contributed by atoms with van der Waals surface area (Å²) in [6, 6.07) is 14.6. The number of carbonyl (C=O) groups is 3. The van der Waals surface area contributed by atoms with E-state index < -0.39 is 0 Å². The minimum Gasteiger partial charge on any atom is -0.484 e. The number of amides is 3. The van der Waals surface area contributed by atoms with E-state index in [-0.39, 0.29) is 43.0 Å². The van der Waals surface area contributed by atoms with E-state index in [4.69, 9.17) is 4.74 Å². The number of carbonyl (C=O) groups excluding carboxylic acids is 3. The number of likely N-dealkylation sites (tertiary alicyclic amines) is 1. The SMILES string of the molecule is CSc1ccccc1NC(=O)CN(C)C(=O)c1ccc(OCC(=O)N2C(C)CCCC2C)cc1. The second-order valence-corrected chi connectivity index (χ2v) is 9.50. The maximum absolute atomic E-state index is 12.8. The Morgan fingerprint density at radius 3 is 2.35 bits per heavy atom. The van der Waals surface area contributed by atoms with E-state index in [1.165, 1.54) is 4.90 Å². The Balaban J connectivity index is 1.51. The van der Waals surface area contributed by atoms with Gasteiger partial charge in [0.2, 0.25) is 5.91 Å². The van der Waals surface area contributed by atoms with Crippen LogP contribution in [0.25, 0.3) is 0 Å². The zero-order chi connectivity index (χ0) is 24.7. The molecule has 0 aliphatic carbocycles. The first-order valence-electron chi connectivity index (χ1n) is 11.5. The molecule has 3 amide bonds. The number of thioether (sulfide) groups is 1. The molecule has 0 bridgehead atoms. The van der Waals surface area contributed by atoms with Crippen LogP contribution in [0.5, 0.6) is 5.75 Å². The highest BCUT2D eigenvalue weighted by molar-refractivity contribution is 7.98. The molecule has 1 saturated heterocycles. The first kappa shape index (κ1) is 25.6. The average Bonchev–Trinajstić information content (AvgIpc) is 2.82. The van der Waals surface area contributed by atoms with Crippen molar-refractivity contribution < 1.29 is 19.1 Å². The second kappa shape index (κ2) is 11.9. The molecule has 0 spiro atoms. The van der Waals surface area contributed by atoms with Crippen molar-refractivity contribution in [3.63, 3.8) is 0 Å². The Morgan fingerprint density at radius 2 is 1.71 bits per heavy atom. The third-order valence-corrected chi connectivity index (χ3v) is 6.85. The fraction of sp³-hybridized carbons (Fsp3) is 0.423. The van der Waals surface area contributed by atoms with E-state index in [9.17, 15) is 14.4 Å². The predicted octanol–water partition coefficient (Wildman–Crippen LogP) is 4.29. The first-order valence-corrected chi connectivity index (χ1v) is 12.7. The van der Waals surface area contributed by atoms with Crippen molar-refractivity contribution in [3.05, 3.63) is 54.1 Å². The standard InChI is InChI=1S/C26H33N3O4S/c1-18-8-7-9-19(2)29(18)25(31)17-33-21-14-12-20(13-15-21)26(32)28(3)16-24(30)27-22-10-5-6-11-23(22)34-4/h5-6,10-15,18-19H,7-9,16-17H2,1-4H3,(H,27,30). The number of benzene rings is 2. The molecule has 34 heavy (non-hydrogen) atoms. The van der Waals surface area contributed by atoms with Crippen LogP contribution in [0.15, 0.2) is 53.4 Å². The topological polar surface area (TPSA) is 79.0 Å². The fourth-order valence-corrected chi connectivity index (χ4v) is 4.83. The van der Waals surface area contributed by atoms with Gasteiger partial charge in [-0.05, 0) is 75.8 Å². The van der Waals surface area contributed by atoms with Crippen LogP contribution in [-0.4, -0.2) is 66.1 Å². The van der Waals surface area contributed by atoms with Crippen LogP contribution in [0.1, 0.15) is 43.5 Å². The van der Waals surface area contributed by atoms with Crippen molar-refractivity contribution in [2.75, 3.05) is 31.8 Å². The smallest absolute Gasteiger partial charge is 0.260 e. The molecule has 1 fully saturated rings. The number of rotatable bonds is 8. The monoisotopic (exact) mass is 483 g/mol. The van der Waals surface area contributed by atoms with Gasteiger partial charge in [-0.25, -0.2) is 0 Å². The van der Waals surface area contributed by atoms with Gasteiger partial charge in [-0.15, -0.1) is 11.8 Å². The van der Waals surface area contributed by atoms with Crippen molar-refractivity contribution in [1.82, 2.24) is 9.80 Å². The van der Waals surface area contributed by atoms with E-state index >= 15 is 0 Å². The van der Waals surface area contributed by atoms with Crippen LogP contribution >= 0.6 is 11.8 Å². The van der Waals surface area contributed by atoms with Crippen LogP contribution in [-0.2, 0) is 9.59 Å². The Morgan fingerprint density at radius 1 is 1.06 bits per heavy atom. The van der Waals surface area contributed by atoms with Crippen LogP contribution < -0.4 is 10.1 Å². The number of likely N-dealkylation sites (N-methyl/N-ethyl adjacent to an activating group) is 1. The lowest BCUT2D eigenvalue weighted by molar-refractivity contribution is -0.139. The van der Waals surface area contributed by atoms with Crippen molar-refractivity contribution in [2.45, 2.75) is 50.1 Å². The highest BCUT2D eigenvalue weighted by atomic mass is 32.2. The maximum atomic E-state index is 12.8. The summed E-state index contributed by atoms with van der Waals surface area (Å²) in [4.78, 5) is 42.1. The summed E-state index contributed by atoms with van der Waals surface area (Å²) in [5.74, 6) is -0.0335. The summed E-state index contributed by atoms with van der Waals surface area (Å²) in [6.07, 6.45) is 5.12. The third kappa shape index (κ3) is 6.53. The zero-order valence-corrected chi connectivity index (χ0v) is 21.1. The molecule has 2 unspecified atom stereocenters. The molecule has 2 aromatic rings. The maximum Gasteiger partial charge on any atom is 0.260 e. The quantitative estimate of drug-likeness (QED) is 0.567. The predicted molar refractivity (Wildman–Crippen MR) is 135 cm³/mol. The van der Waals surface area contributed by atoms with Gasteiger partial charge in [0.05, 0.1) is 12.2 Å². The number of hydrogen-bond acceptors (Lipinski definition) is 5. The van der Waals surface area contributed by atoms with Gasteiger partial charge in [-0.3, -0.25) is 14.4 Å². The molecule has 182 valence electrons. The summed E-state index contributed by atoms with van der Waals surface area (Å²) in [7, 11) is 1.59. The number of piperidine rings is 1. The molecule has 3 rings (SSSR count). The van der Waals surface area contributed by atoms with Gasteiger partial charge in [0.1, 0.15) is 5.75 Å². The van der Waals surface area contributed by atoms with E-state index in [0.717, 1.165) is 29.8 Å². The van der Waals surface area contributed by atoms with Crippen molar-refractivity contribution in [2.24, 2.45) is 0 Å². The molecule has 2 aromatic carbocycles. The molecule has 1 N–H and O–H groups in total. The number of ether oxygens (including phenoxy) is 1. The number of para-hydroxylation sites is 1. The van der Waals surface area contributed by atoms with Gasteiger partial charge in [0.25, 0.3) is 11.8 Å². The van der Waals surface area contributed by atoms with Crippen molar-refractivity contribution in [1.29, 1.82) is 0 Å². The van der Waals surface area contributed by atoms with E-state index in [1.54, 1.807) is 43.1 Å². The molecule has 1 aliphatic heterocycles. The normalized spacial score (nSPS) is 17.7. The molecule has 2 atom stereocenters. The number of nitrogens with one attached hydrogen (secondary N) is 1. The van der Waals surface area contributed by atoms with Gasteiger partial charge in [0.15, 0.2) is 6.61 Å². The molecular weight excluding hydrogens is 450 g/mol. The largest absolute Gasteiger partial charge is 0.484 e. The van der Waals surface area contributed by atoms with Crippen molar-refractivity contribution in [3.8, 4) is 5.75 Å². The van der Waals surface area contributed by atoms with Gasteiger partial charge >= 0.3 is 0 Å².